The highest BCUT2D eigenvalue weighted by atomic mass is 19.4. The monoisotopic (exact) mass is 434 g/mol. The largest absolute Gasteiger partial charge is 0.455 e. The summed E-state index contributed by atoms with van der Waals surface area (Å²) in [6.07, 6.45) is -3.71. The van der Waals surface area contributed by atoms with Gasteiger partial charge in [0.2, 0.25) is 5.91 Å². The van der Waals surface area contributed by atoms with Gasteiger partial charge < -0.3 is 15.0 Å². The number of nitrogens with one attached hydrogen (secondary N) is 1. The number of anilines is 2. The first-order valence-corrected chi connectivity index (χ1v) is 9.70. The zero-order chi connectivity index (χ0) is 22.6. The van der Waals surface area contributed by atoms with Gasteiger partial charge in [-0.05, 0) is 42.3 Å². The van der Waals surface area contributed by atoms with E-state index < -0.39 is 36.1 Å². The first-order valence-electron chi connectivity index (χ1n) is 9.70. The fourth-order valence-corrected chi connectivity index (χ4v) is 3.25. The Kier molecular flexibility index (Phi) is 6.62. The van der Waals surface area contributed by atoms with E-state index in [0.29, 0.717) is 5.69 Å². The van der Waals surface area contributed by atoms with Crippen LogP contribution in [0.15, 0.2) is 48.5 Å². The Balaban J connectivity index is 1.52. The van der Waals surface area contributed by atoms with Gasteiger partial charge in [-0.25, -0.2) is 0 Å². The smallest absolute Gasteiger partial charge is 0.416 e. The Labute approximate surface area is 177 Å². The minimum absolute atomic E-state index is 0.0381. The molecule has 9 heteroatoms. The van der Waals surface area contributed by atoms with Crippen molar-refractivity contribution in [3.05, 3.63) is 59.7 Å². The van der Waals surface area contributed by atoms with Crippen LogP contribution >= 0.6 is 0 Å². The topological polar surface area (TPSA) is 75.7 Å². The van der Waals surface area contributed by atoms with Gasteiger partial charge in [0.05, 0.1) is 11.5 Å². The number of rotatable bonds is 6. The summed E-state index contributed by atoms with van der Waals surface area (Å²) < 4.78 is 43.2. The average Bonchev–Trinajstić information content (AvgIpc) is 3.13. The van der Waals surface area contributed by atoms with Crippen molar-refractivity contribution in [1.82, 2.24) is 0 Å². The highest BCUT2D eigenvalue weighted by molar-refractivity contribution is 6.00. The highest BCUT2D eigenvalue weighted by Gasteiger charge is 2.36. The molecule has 0 saturated carbocycles. The summed E-state index contributed by atoms with van der Waals surface area (Å²) in [4.78, 5) is 38.0. The van der Waals surface area contributed by atoms with E-state index in [2.05, 4.69) is 5.32 Å². The number of halogens is 3. The fourth-order valence-electron chi connectivity index (χ4n) is 3.25. The summed E-state index contributed by atoms with van der Waals surface area (Å²) in [6, 6.07) is 11.6. The SMILES string of the molecule is CCc1ccc(N2C[C@H](C(=O)OCC(=O)Nc3cccc(C(F)(F)F)c3)CC2=O)cc1. The van der Waals surface area contributed by atoms with Crippen molar-refractivity contribution in [2.75, 3.05) is 23.4 Å². The van der Waals surface area contributed by atoms with E-state index in [1.807, 2.05) is 31.2 Å². The second-order valence-electron chi connectivity index (χ2n) is 7.16. The summed E-state index contributed by atoms with van der Waals surface area (Å²) >= 11 is 0. The normalized spacial score (nSPS) is 16.3. The van der Waals surface area contributed by atoms with Gasteiger partial charge in [-0.2, -0.15) is 13.2 Å². The predicted octanol–water partition coefficient (Wildman–Crippen LogP) is 3.80. The molecule has 2 amide bonds. The maximum Gasteiger partial charge on any atom is 0.416 e. The summed E-state index contributed by atoms with van der Waals surface area (Å²) in [5, 5.41) is 2.26. The number of alkyl halides is 3. The molecule has 0 bridgehead atoms. The van der Waals surface area contributed by atoms with E-state index in [0.717, 1.165) is 30.2 Å². The van der Waals surface area contributed by atoms with Crippen molar-refractivity contribution in [3.63, 3.8) is 0 Å². The summed E-state index contributed by atoms with van der Waals surface area (Å²) in [5.74, 6) is -2.43. The minimum atomic E-state index is -4.54. The van der Waals surface area contributed by atoms with Crippen LogP contribution in [0.25, 0.3) is 0 Å². The molecule has 1 atom stereocenters. The van der Waals surface area contributed by atoms with Crippen LogP contribution in [0.1, 0.15) is 24.5 Å². The molecule has 0 aliphatic carbocycles. The number of nitrogens with zero attached hydrogens (tertiary/aromatic N) is 1. The van der Waals surface area contributed by atoms with E-state index in [4.69, 9.17) is 4.74 Å². The lowest BCUT2D eigenvalue weighted by atomic mass is 10.1. The molecule has 1 saturated heterocycles. The van der Waals surface area contributed by atoms with Gasteiger partial charge in [-0.15, -0.1) is 0 Å². The van der Waals surface area contributed by atoms with Crippen LogP contribution in [-0.4, -0.2) is 30.9 Å². The maximum atomic E-state index is 12.7. The number of carbonyl (C=O) groups is 3. The van der Waals surface area contributed by atoms with Gasteiger partial charge in [0, 0.05) is 24.3 Å². The van der Waals surface area contributed by atoms with Crippen LogP contribution in [0.2, 0.25) is 0 Å². The quantitative estimate of drug-likeness (QED) is 0.702. The van der Waals surface area contributed by atoms with Crippen LogP contribution in [0, 0.1) is 5.92 Å². The second-order valence-corrected chi connectivity index (χ2v) is 7.16. The third-order valence-electron chi connectivity index (χ3n) is 4.93. The molecule has 1 fully saturated rings. The molecule has 2 aromatic rings. The molecule has 1 aliphatic heterocycles. The summed E-state index contributed by atoms with van der Waals surface area (Å²) in [5.41, 5.74) is 0.838. The molecule has 1 N–H and O–H groups in total. The number of aryl methyl sites for hydroxylation is 1. The van der Waals surface area contributed by atoms with Crippen LogP contribution in [0.4, 0.5) is 24.5 Å². The molecule has 6 nitrogen and oxygen atoms in total. The molecular weight excluding hydrogens is 413 g/mol. The van der Waals surface area contributed by atoms with Gasteiger partial charge in [0.1, 0.15) is 0 Å². The van der Waals surface area contributed by atoms with Crippen molar-refractivity contribution < 1.29 is 32.3 Å². The van der Waals surface area contributed by atoms with Crippen molar-refractivity contribution >= 4 is 29.2 Å². The zero-order valence-corrected chi connectivity index (χ0v) is 16.7. The van der Waals surface area contributed by atoms with Gasteiger partial charge in [0.15, 0.2) is 6.61 Å². The van der Waals surface area contributed by atoms with Crippen molar-refractivity contribution in [2.24, 2.45) is 5.92 Å². The molecule has 3 rings (SSSR count). The number of amides is 2. The number of ether oxygens (including phenoxy) is 1. The number of carbonyl (C=O) groups excluding carboxylic acids is 3. The molecule has 0 aromatic heterocycles. The Bertz CT molecular complexity index is 973. The predicted molar refractivity (Wildman–Crippen MR) is 107 cm³/mol. The van der Waals surface area contributed by atoms with Crippen LogP contribution in [0.5, 0.6) is 0 Å². The lowest BCUT2D eigenvalue weighted by Gasteiger charge is -2.17. The second kappa shape index (κ2) is 9.20. The van der Waals surface area contributed by atoms with E-state index >= 15 is 0 Å². The Hall–Kier alpha value is -3.36. The third-order valence-corrected chi connectivity index (χ3v) is 4.93. The fraction of sp³-hybridized carbons (Fsp3) is 0.318. The van der Waals surface area contributed by atoms with Crippen molar-refractivity contribution in [3.8, 4) is 0 Å². The Morgan fingerprint density at radius 2 is 1.87 bits per heavy atom. The van der Waals surface area contributed by atoms with Crippen LogP contribution < -0.4 is 10.2 Å². The van der Waals surface area contributed by atoms with Gasteiger partial charge in [-0.3, -0.25) is 14.4 Å². The molecule has 1 aliphatic rings. The van der Waals surface area contributed by atoms with Crippen molar-refractivity contribution in [2.45, 2.75) is 25.9 Å². The van der Waals surface area contributed by atoms with Gasteiger partial charge in [0.25, 0.3) is 5.91 Å². The number of hydrogen-bond donors (Lipinski definition) is 1. The molecule has 2 aromatic carbocycles. The lowest BCUT2D eigenvalue weighted by molar-refractivity contribution is -0.151. The summed E-state index contributed by atoms with van der Waals surface area (Å²) in [7, 11) is 0. The standard InChI is InChI=1S/C22H21F3N2O4/c1-2-14-6-8-18(9-7-14)27-12-15(10-20(27)29)21(30)31-13-19(28)26-17-5-3-4-16(11-17)22(23,24)25/h3-9,11,15H,2,10,12-13H2,1H3,(H,26,28)/t15-/m1/s1. The minimum Gasteiger partial charge on any atom is -0.455 e. The summed E-state index contributed by atoms with van der Waals surface area (Å²) in [6.45, 7) is 1.49. The number of benzene rings is 2. The van der Waals surface area contributed by atoms with Gasteiger partial charge in [-0.1, -0.05) is 25.1 Å². The average molecular weight is 434 g/mol. The van der Waals surface area contributed by atoms with Gasteiger partial charge >= 0.3 is 12.1 Å². The molecule has 164 valence electrons. The lowest BCUT2D eigenvalue weighted by Crippen LogP contribution is -2.28. The number of hydrogen-bond acceptors (Lipinski definition) is 4. The number of esters is 1. The highest BCUT2D eigenvalue weighted by Crippen LogP contribution is 2.30. The molecule has 0 radical (unpaired) electrons. The van der Waals surface area contributed by atoms with E-state index in [1.165, 1.54) is 11.0 Å². The van der Waals surface area contributed by atoms with Crippen LogP contribution in [0.3, 0.4) is 0 Å². The van der Waals surface area contributed by atoms with Crippen LogP contribution in [-0.2, 0) is 31.7 Å². The first-order chi connectivity index (χ1) is 14.7. The maximum absolute atomic E-state index is 12.7. The molecule has 0 spiro atoms. The zero-order valence-electron chi connectivity index (χ0n) is 16.7. The Morgan fingerprint density at radius 1 is 1.16 bits per heavy atom. The van der Waals surface area contributed by atoms with E-state index in [9.17, 15) is 27.6 Å². The molecule has 0 unspecified atom stereocenters. The molecule has 31 heavy (non-hydrogen) atoms. The molecule has 1 heterocycles. The third kappa shape index (κ3) is 5.62. The van der Waals surface area contributed by atoms with Crippen molar-refractivity contribution in [1.29, 1.82) is 0 Å². The first kappa shape index (κ1) is 22.3. The van der Waals surface area contributed by atoms with E-state index in [-0.39, 0.29) is 24.6 Å². The Morgan fingerprint density at radius 3 is 2.52 bits per heavy atom. The molecular formula is C22H21F3N2O4. The van der Waals surface area contributed by atoms with E-state index in [1.54, 1.807) is 0 Å².